The van der Waals surface area contributed by atoms with Gasteiger partial charge in [0.1, 0.15) is 0 Å². The van der Waals surface area contributed by atoms with Crippen LogP contribution in [0.15, 0.2) is 12.1 Å². The Morgan fingerprint density at radius 1 is 0.960 bits per heavy atom. The van der Waals surface area contributed by atoms with Gasteiger partial charge in [-0.2, -0.15) is 5.06 Å². The second-order valence-corrected chi connectivity index (χ2v) is 7.81. The molecule has 0 spiro atoms. The third-order valence-electron chi connectivity index (χ3n) is 4.81. The van der Waals surface area contributed by atoms with Crippen LogP contribution in [0, 0.1) is 0 Å². The minimum absolute atomic E-state index is 0.0625. The van der Waals surface area contributed by atoms with Crippen molar-refractivity contribution < 1.29 is 24.2 Å². The lowest BCUT2D eigenvalue weighted by Crippen LogP contribution is -2.60. The van der Waals surface area contributed by atoms with Gasteiger partial charge >= 0.3 is 0 Å². The van der Waals surface area contributed by atoms with Crippen LogP contribution in [0.4, 0.5) is 0 Å². The standard InChI is InChI=1S/C19H31NO5/c1-18(2)10-14(11-19(3,4)20(18)21)25-12-13-8-15(22-5)17(24-7)16(9-13)23-6/h8-9,14,21H,10-12H2,1-7H3. The maximum atomic E-state index is 10.4. The number of hydrogen-bond acceptors (Lipinski definition) is 6. The van der Waals surface area contributed by atoms with Gasteiger partial charge in [-0.05, 0) is 58.2 Å². The van der Waals surface area contributed by atoms with Crippen molar-refractivity contribution in [2.45, 2.75) is 64.3 Å². The van der Waals surface area contributed by atoms with E-state index >= 15 is 0 Å². The number of ether oxygens (including phenoxy) is 4. The van der Waals surface area contributed by atoms with Gasteiger partial charge in [-0.25, -0.2) is 0 Å². The second kappa shape index (κ2) is 7.40. The van der Waals surface area contributed by atoms with Crippen LogP contribution in [0.3, 0.4) is 0 Å². The average Bonchev–Trinajstić information content (AvgIpc) is 2.56. The lowest BCUT2D eigenvalue weighted by molar-refractivity contribution is -0.262. The number of methoxy groups -OCH3 is 3. The molecule has 0 bridgehead atoms. The predicted molar refractivity (Wildman–Crippen MR) is 95.7 cm³/mol. The third kappa shape index (κ3) is 4.19. The van der Waals surface area contributed by atoms with Crippen LogP contribution in [-0.2, 0) is 11.3 Å². The summed E-state index contributed by atoms with van der Waals surface area (Å²) in [5.41, 5.74) is 0.292. The highest BCUT2D eigenvalue weighted by atomic mass is 16.5. The summed E-state index contributed by atoms with van der Waals surface area (Å²) in [6.45, 7) is 8.57. The number of nitrogens with zero attached hydrogens (tertiary/aromatic N) is 1. The van der Waals surface area contributed by atoms with Crippen LogP contribution >= 0.6 is 0 Å². The third-order valence-corrected chi connectivity index (χ3v) is 4.81. The quantitative estimate of drug-likeness (QED) is 0.842. The van der Waals surface area contributed by atoms with E-state index in [-0.39, 0.29) is 17.2 Å². The molecule has 1 aliphatic rings. The summed E-state index contributed by atoms with van der Waals surface area (Å²) in [6.07, 6.45) is 1.59. The van der Waals surface area contributed by atoms with E-state index in [1.54, 1.807) is 21.3 Å². The van der Waals surface area contributed by atoms with Crippen molar-refractivity contribution in [1.29, 1.82) is 0 Å². The number of rotatable bonds is 6. The molecule has 0 radical (unpaired) electrons. The van der Waals surface area contributed by atoms with E-state index in [0.717, 1.165) is 18.4 Å². The van der Waals surface area contributed by atoms with Crippen molar-refractivity contribution in [3.05, 3.63) is 17.7 Å². The summed E-state index contributed by atoms with van der Waals surface area (Å²) in [5, 5.41) is 11.9. The highest BCUT2D eigenvalue weighted by Gasteiger charge is 2.45. The SMILES string of the molecule is COc1cc(COC2CC(C)(C)N(O)C(C)(C)C2)cc(OC)c1OC. The zero-order chi connectivity index (χ0) is 18.8. The maximum Gasteiger partial charge on any atom is 0.203 e. The molecule has 1 aromatic rings. The first-order valence-corrected chi connectivity index (χ1v) is 8.54. The van der Waals surface area contributed by atoms with E-state index in [1.807, 2.05) is 39.8 Å². The molecule has 1 fully saturated rings. The highest BCUT2D eigenvalue weighted by molar-refractivity contribution is 5.53. The smallest absolute Gasteiger partial charge is 0.203 e. The van der Waals surface area contributed by atoms with Crippen LogP contribution in [0.2, 0.25) is 0 Å². The molecule has 0 atom stereocenters. The zero-order valence-electron chi connectivity index (χ0n) is 16.4. The van der Waals surface area contributed by atoms with E-state index in [1.165, 1.54) is 5.06 Å². The normalized spacial score (nSPS) is 20.3. The van der Waals surface area contributed by atoms with Crippen LogP contribution in [-0.4, -0.2) is 48.8 Å². The molecule has 0 saturated carbocycles. The molecule has 1 N–H and O–H groups in total. The minimum Gasteiger partial charge on any atom is -0.493 e. The van der Waals surface area contributed by atoms with Crippen LogP contribution in [0.1, 0.15) is 46.1 Å². The summed E-state index contributed by atoms with van der Waals surface area (Å²) in [4.78, 5) is 0. The van der Waals surface area contributed by atoms with Gasteiger partial charge in [-0.3, -0.25) is 0 Å². The first-order chi connectivity index (χ1) is 11.6. The summed E-state index contributed by atoms with van der Waals surface area (Å²) in [5.74, 6) is 1.81. The van der Waals surface area contributed by atoms with Gasteiger partial charge in [0.05, 0.1) is 34.0 Å². The van der Waals surface area contributed by atoms with Gasteiger partial charge in [0.15, 0.2) is 11.5 Å². The summed E-state index contributed by atoms with van der Waals surface area (Å²) in [6, 6.07) is 3.80. The molecule has 0 aliphatic carbocycles. The molecule has 6 heteroatoms. The first kappa shape index (κ1) is 19.8. The highest BCUT2D eigenvalue weighted by Crippen LogP contribution is 2.40. The lowest BCUT2D eigenvalue weighted by atomic mass is 9.80. The number of hydroxylamine groups is 2. The van der Waals surface area contributed by atoms with E-state index in [9.17, 15) is 5.21 Å². The molecule has 25 heavy (non-hydrogen) atoms. The Bertz CT molecular complexity index is 556. The Morgan fingerprint density at radius 3 is 1.84 bits per heavy atom. The van der Waals surface area contributed by atoms with E-state index < -0.39 is 0 Å². The molecule has 0 aromatic heterocycles. The summed E-state index contributed by atoms with van der Waals surface area (Å²) >= 11 is 0. The van der Waals surface area contributed by atoms with Crippen LogP contribution in [0.5, 0.6) is 17.2 Å². The topological polar surface area (TPSA) is 60.4 Å². The fraction of sp³-hybridized carbons (Fsp3) is 0.684. The molecule has 0 unspecified atom stereocenters. The van der Waals surface area contributed by atoms with Crippen molar-refractivity contribution in [2.24, 2.45) is 0 Å². The number of benzene rings is 1. The van der Waals surface area contributed by atoms with E-state index in [4.69, 9.17) is 18.9 Å². The molecule has 1 aromatic carbocycles. The Labute approximate surface area is 150 Å². The fourth-order valence-corrected chi connectivity index (χ4v) is 3.73. The molecule has 0 amide bonds. The Hall–Kier alpha value is -1.50. The molecular weight excluding hydrogens is 322 g/mol. The van der Waals surface area contributed by atoms with Gasteiger partial charge in [0, 0.05) is 11.1 Å². The second-order valence-electron chi connectivity index (χ2n) is 7.81. The van der Waals surface area contributed by atoms with Crippen LogP contribution < -0.4 is 14.2 Å². The minimum atomic E-state index is -0.332. The van der Waals surface area contributed by atoms with E-state index in [0.29, 0.717) is 23.9 Å². The van der Waals surface area contributed by atoms with Crippen molar-refractivity contribution in [1.82, 2.24) is 5.06 Å². The number of piperidine rings is 1. The lowest BCUT2D eigenvalue weighted by Gasteiger charge is -2.51. The van der Waals surface area contributed by atoms with Crippen molar-refractivity contribution in [3.8, 4) is 17.2 Å². The van der Waals surface area contributed by atoms with Gasteiger partial charge in [0.25, 0.3) is 0 Å². The Balaban J connectivity index is 2.13. The van der Waals surface area contributed by atoms with Crippen LogP contribution in [0.25, 0.3) is 0 Å². The van der Waals surface area contributed by atoms with Crippen molar-refractivity contribution in [3.63, 3.8) is 0 Å². The van der Waals surface area contributed by atoms with E-state index in [2.05, 4.69) is 0 Å². The van der Waals surface area contributed by atoms with Crippen molar-refractivity contribution in [2.75, 3.05) is 21.3 Å². The Kier molecular flexibility index (Phi) is 5.86. The van der Waals surface area contributed by atoms with Gasteiger partial charge in [0.2, 0.25) is 5.75 Å². The zero-order valence-corrected chi connectivity index (χ0v) is 16.4. The first-order valence-electron chi connectivity index (χ1n) is 8.54. The number of hydrogen-bond donors (Lipinski definition) is 1. The largest absolute Gasteiger partial charge is 0.493 e. The Morgan fingerprint density at radius 2 is 1.44 bits per heavy atom. The van der Waals surface area contributed by atoms with Crippen molar-refractivity contribution >= 4 is 0 Å². The molecule has 142 valence electrons. The van der Waals surface area contributed by atoms with Gasteiger partial charge in [-0.1, -0.05) is 0 Å². The fourth-order valence-electron chi connectivity index (χ4n) is 3.73. The van der Waals surface area contributed by atoms with Gasteiger partial charge < -0.3 is 24.2 Å². The maximum absolute atomic E-state index is 10.4. The molecule has 1 heterocycles. The molecule has 6 nitrogen and oxygen atoms in total. The van der Waals surface area contributed by atoms with Gasteiger partial charge in [-0.15, -0.1) is 0 Å². The molecule has 1 aliphatic heterocycles. The average molecular weight is 353 g/mol. The summed E-state index contributed by atoms with van der Waals surface area (Å²) in [7, 11) is 4.79. The summed E-state index contributed by atoms with van der Waals surface area (Å²) < 4.78 is 22.3. The molecular formula is C19H31NO5. The predicted octanol–water partition coefficient (Wildman–Crippen LogP) is 3.64. The monoisotopic (exact) mass is 353 g/mol. The molecule has 2 rings (SSSR count). The molecule has 1 saturated heterocycles.